The lowest BCUT2D eigenvalue weighted by Crippen LogP contribution is -2.49. The average Bonchev–Trinajstić information content (AvgIpc) is 3.20. The predicted octanol–water partition coefficient (Wildman–Crippen LogP) is 4.81. The number of hydrogen-bond acceptors (Lipinski definition) is 7. The number of non-ortho nitro benzene ring substituents is 1. The topological polar surface area (TPSA) is 92.5 Å². The Morgan fingerprint density at radius 2 is 1.85 bits per heavy atom. The van der Waals surface area contributed by atoms with Crippen molar-refractivity contribution in [3.05, 3.63) is 56.2 Å². The zero-order valence-corrected chi connectivity index (χ0v) is 20.6. The van der Waals surface area contributed by atoms with Gasteiger partial charge in [0.25, 0.3) is 11.6 Å². The first-order valence-corrected chi connectivity index (χ1v) is 12.7. The van der Waals surface area contributed by atoms with Crippen molar-refractivity contribution in [1.82, 2.24) is 14.9 Å². The molecule has 1 amide bonds. The van der Waals surface area contributed by atoms with Gasteiger partial charge in [-0.15, -0.1) is 11.3 Å². The third-order valence-corrected chi connectivity index (χ3v) is 8.01. The number of hydrogen-bond donors (Lipinski definition) is 0. The fourth-order valence-corrected chi connectivity index (χ4v) is 6.24. The van der Waals surface area contributed by atoms with Crippen LogP contribution in [0.2, 0.25) is 0 Å². The highest BCUT2D eigenvalue weighted by molar-refractivity contribution is 7.19. The highest BCUT2D eigenvalue weighted by atomic mass is 32.1. The molecule has 178 valence electrons. The molecule has 3 aromatic rings. The fourth-order valence-electron chi connectivity index (χ4n) is 4.86. The summed E-state index contributed by atoms with van der Waals surface area (Å²) in [5.41, 5.74) is 1.89. The van der Waals surface area contributed by atoms with E-state index < -0.39 is 4.92 Å². The summed E-state index contributed by atoms with van der Waals surface area (Å²) >= 11 is 1.83. The molecule has 2 aliphatic rings. The Bertz CT molecular complexity index is 1250. The molecule has 0 N–H and O–H groups in total. The van der Waals surface area contributed by atoms with E-state index in [1.165, 1.54) is 46.5 Å². The second kappa shape index (κ2) is 8.94. The minimum absolute atomic E-state index is 0.0106. The molecule has 5 rings (SSSR count). The Labute approximate surface area is 202 Å². The number of nitrogens with zero attached hydrogens (tertiary/aromatic N) is 5. The molecule has 0 unspecified atom stereocenters. The van der Waals surface area contributed by atoms with Gasteiger partial charge in [-0.05, 0) is 42.9 Å². The third-order valence-electron chi connectivity index (χ3n) is 6.86. The van der Waals surface area contributed by atoms with Crippen LogP contribution in [-0.2, 0) is 12.8 Å². The van der Waals surface area contributed by atoms with Crippen molar-refractivity contribution in [2.45, 2.75) is 46.0 Å². The van der Waals surface area contributed by atoms with E-state index >= 15 is 0 Å². The highest BCUT2D eigenvalue weighted by Crippen LogP contribution is 2.41. The van der Waals surface area contributed by atoms with Crippen molar-refractivity contribution in [1.29, 1.82) is 0 Å². The van der Waals surface area contributed by atoms with Gasteiger partial charge in [-0.1, -0.05) is 20.8 Å². The minimum Gasteiger partial charge on any atom is -0.352 e. The maximum absolute atomic E-state index is 13.0. The zero-order chi connectivity index (χ0) is 24.0. The molecular weight excluding hydrogens is 450 g/mol. The van der Waals surface area contributed by atoms with E-state index in [9.17, 15) is 14.9 Å². The number of carbonyl (C=O) groups excluding carboxylic acids is 1. The number of piperazine rings is 1. The second-order valence-corrected chi connectivity index (χ2v) is 10.8. The quantitative estimate of drug-likeness (QED) is 0.394. The summed E-state index contributed by atoms with van der Waals surface area (Å²) in [4.78, 5) is 40.1. The van der Waals surface area contributed by atoms with E-state index in [0.717, 1.165) is 29.3 Å². The molecule has 3 heterocycles. The van der Waals surface area contributed by atoms with Gasteiger partial charge in [-0.3, -0.25) is 14.9 Å². The van der Waals surface area contributed by atoms with Crippen molar-refractivity contribution >= 4 is 39.0 Å². The summed E-state index contributed by atoms with van der Waals surface area (Å²) in [6.45, 7) is 9.14. The molecule has 1 saturated heterocycles. The number of benzene rings is 1. The monoisotopic (exact) mass is 479 g/mol. The zero-order valence-electron chi connectivity index (χ0n) is 19.8. The third kappa shape index (κ3) is 4.13. The SMILES string of the molecule is CC(C)c1nc(N2CCN(C(=O)c3ccc([N+](=O)[O-])cc3)CC2)c2c3c(sc2n1)C[C@H](C)CC3. The maximum Gasteiger partial charge on any atom is 0.269 e. The number of anilines is 1. The molecule has 8 nitrogen and oxygen atoms in total. The molecule has 1 fully saturated rings. The second-order valence-electron chi connectivity index (χ2n) is 9.68. The number of amides is 1. The first-order valence-electron chi connectivity index (χ1n) is 11.9. The molecule has 34 heavy (non-hydrogen) atoms. The molecule has 0 radical (unpaired) electrons. The number of carbonyl (C=O) groups is 1. The van der Waals surface area contributed by atoms with Gasteiger partial charge in [0.05, 0.1) is 10.3 Å². The maximum atomic E-state index is 13.0. The number of nitro benzene ring substituents is 1. The van der Waals surface area contributed by atoms with E-state index in [2.05, 4.69) is 25.7 Å². The van der Waals surface area contributed by atoms with E-state index in [4.69, 9.17) is 9.97 Å². The first-order chi connectivity index (χ1) is 16.3. The molecule has 2 aromatic heterocycles. The van der Waals surface area contributed by atoms with Gasteiger partial charge in [0.15, 0.2) is 0 Å². The van der Waals surface area contributed by atoms with Crippen molar-refractivity contribution in [2.24, 2.45) is 5.92 Å². The summed E-state index contributed by atoms with van der Waals surface area (Å²) in [6.07, 6.45) is 3.39. The highest BCUT2D eigenvalue weighted by Gasteiger charge is 2.29. The van der Waals surface area contributed by atoms with Gasteiger partial charge in [0.1, 0.15) is 16.5 Å². The predicted molar refractivity (Wildman–Crippen MR) is 134 cm³/mol. The van der Waals surface area contributed by atoms with Gasteiger partial charge in [-0.2, -0.15) is 0 Å². The smallest absolute Gasteiger partial charge is 0.269 e. The number of nitro groups is 1. The van der Waals surface area contributed by atoms with Crippen LogP contribution < -0.4 is 4.90 Å². The standard InChI is InChI=1S/C25H29N5O3S/c1-15(2)22-26-23(21-19-9-4-16(3)14-20(19)34-24(21)27-22)28-10-12-29(13-11-28)25(31)17-5-7-18(8-6-17)30(32)33/h5-8,15-16H,4,9-14H2,1-3H3/t16-/m1/s1. The average molecular weight is 480 g/mol. The van der Waals surface area contributed by atoms with Crippen molar-refractivity contribution in [2.75, 3.05) is 31.1 Å². The number of rotatable bonds is 4. The van der Waals surface area contributed by atoms with Crippen LogP contribution in [0.25, 0.3) is 10.2 Å². The fraction of sp³-hybridized carbons (Fsp3) is 0.480. The summed E-state index contributed by atoms with van der Waals surface area (Å²) in [5, 5.41) is 12.1. The molecule has 0 saturated carbocycles. The van der Waals surface area contributed by atoms with Crippen LogP contribution in [0.15, 0.2) is 24.3 Å². The van der Waals surface area contributed by atoms with Gasteiger partial charge in [0, 0.05) is 54.7 Å². The molecule has 1 aliphatic carbocycles. The summed E-state index contributed by atoms with van der Waals surface area (Å²) in [5.74, 6) is 2.75. The summed E-state index contributed by atoms with van der Waals surface area (Å²) < 4.78 is 0. The van der Waals surface area contributed by atoms with Crippen LogP contribution in [0.4, 0.5) is 11.5 Å². The van der Waals surface area contributed by atoms with Gasteiger partial charge in [-0.25, -0.2) is 9.97 Å². The Kier molecular flexibility index (Phi) is 5.97. The van der Waals surface area contributed by atoms with E-state index in [0.29, 0.717) is 37.7 Å². The summed E-state index contributed by atoms with van der Waals surface area (Å²) in [7, 11) is 0. The number of aryl methyl sites for hydroxylation is 1. The lowest BCUT2D eigenvalue weighted by molar-refractivity contribution is -0.384. The van der Waals surface area contributed by atoms with Crippen LogP contribution in [0.3, 0.4) is 0 Å². The molecule has 0 spiro atoms. The normalized spacial score (nSPS) is 18.4. The minimum atomic E-state index is -0.454. The van der Waals surface area contributed by atoms with E-state index in [-0.39, 0.29) is 17.5 Å². The van der Waals surface area contributed by atoms with Crippen molar-refractivity contribution in [3.8, 4) is 0 Å². The molecule has 1 aliphatic heterocycles. The van der Waals surface area contributed by atoms with Gasteiger partial charge >= 0.3 is 0 Å². The summed E-state index contributed by atoms with van der Waals surface area (Å²) in [6, 6.07) is 5.84. The van der Waals surface area contributed by atoms with Gasteiger partial charge in [0.2, 0.25) is 0 Å². The van der Waals surface area contributed by atoms with E-state index in [1.54, 1.807) is 0 Å². The molecule has 9 heteroatoms. The van der Waals surface area contributed by atoms with Crippen LogP contribution >= 0.6 is 11.3 Å². The van der Waals surface area contributed by atoms with Crippen molar-refractivity contribution in [3.63, 3.8) is 0 Å². The largest absolute Gasteiger partial charge is 0.352 e. The molecule has 0 bridgehead atoms. The van der Waals surface area contributed by atoms with Crippen LogP contribution in [0.5, 0.6) is 0 Å². The van der Waals surface area contributed by atoms with Crippen LogP contribution in [0.1, 0.15) is 59.7 Å². The lowest BCUT2D eigenvalue weighted by Gasteiger charge is -2.36. The van der Waals surface area contributed by atoms with Crippen molar-refractivity contribution < 1.29 is 9.72 Å². The number of aromatic nitrogens is 2. The van der Waals surface area contributed by atoms with Gasteiger partial charge < -0.3 is 9.80 Å². The lowest BCUT2D eigenvalue weighted by atomic mass is 9.89. The van der Waals surface area contributed by atoms with Crippen LogP contribution in [-0.4, -0.2) is 51.9 Å². The van der Waals surface area contributed by atoms with Crippen LogP contribution in [0, 0.1) is 16.0 Å². The Morgan fingerprint density at radius 3 is 2.50 bits per heavy atom. The Morgan fingerprint density at radius 1 is 1.15 bits per heavy atom. The first kappa shape index (κ1) is 22.7. The molecule has 1 aromatic carbocycles. The molecule has 1 atom stereocenters. The Hall–Kier alpha value is -3.07. The number of thiophene rings is 1. The molecular formula is C25H29N5O3S. The Balaban J connectivity index is 1.40. The number of fused-ring (bicyclic) bond motifs is 3. The van der Waals surface area contributed by atoms with E-state index in [1.807, 2.05) is 16.2 Å².